The van der Waals surface area contributed by atoms with Crippen LogP contribution in [0.4, 0.5) is 10.6 Å². The van der Waals surface area contributed by atoms with E-state index >= 15 is 0 Å². The second kappa shape index (κ2) is 9.47. The molecule has 0 radical (unpaired) electrons. The van der Waals surface area contributed by atoms with E-state index in [0.29, 0.717) is 17.1 Å². The number of carbonyl (C=O) groups is 2. The van der Waals surface area contributed by atoms with E-state index < -0.39 is 39.1 Å². The van der Waals surface area contributed by atoms with Crippen molar-refractivity contribution in [1.82, 2.24) is 14.9 Å². The number of nitrogens with zero attached hydrogens (tertiary/aromatic N) is 4. The maximum atomic E-state index is 12.9. The first kappa shape index (κ1) is 26.6. The molecule has 3 unspecified atom stereocenters. The minimum Gasteiger partial charge on any atom is -0.479 e. The molecular formula is C25H32N4O7S. The fraction of sp³-hybridized carbons (Fsp3) is 0.520. The van der Waals surface area contributed by atoms with Crippen molar-refractivity contribution in [2.24, 2.45) is 0 Å². The van der Waals surface area contributed by atoms with Crippen molar-refractivity contribution in [3.05, 3.63) is 47.3 Å². The molecule has 3 heterocycles. The standard InChI is InChI=1S/C25H32N4O7S/c1-6-25(22(30)31)13-17(14-29(25)23(32)36-24(2,3)4)35-21-12-20(26-15-27-21)28-10-9-16-11-18(37(5,33)34)7-8-19(16)28/h7,9-12,15,17,19H,6,8,13-14H2,1-5H3,(H,30,31). The molecule has 0 saturated carbocycles. The Balaban J connectivity index is 1.52. The highest BCUT2D eigenvalue weighted by Gasteiger charge is 2.54. The zero-order valence-corrected chi connectivity index (χ0v) is 22.4. The van der Waals surface area contributed by atoms with Crippen LogP contribution in [0.3, 0.4) is 0 Å². The minimum atomic E-state index is -3.30. The molecular weight excluding hydrogens is 500 g/mol. The molecule has 0 spiro atoms. The van der Waals surface area contributed by atoms with E-state index in [9.17, 15) is 23.1 Å². The Hall–Kier alpha value is -3.41. The third-order valence-electron chi connectivity index (χ3n) is 6.67. The van der Waals surface area contributed by atoms with Crippen LogP contribution >= 0.6 is 0 Å². The van der Waals surface area contributed by atoms with Gasteiger partial charge in [0.2, 0.25) is 5.88 Å². The molecule has 3 aliphatic rings. The number of ether oxygens (including phenoxy) is 2. The lowest BCUT2D eigenvalue weighted by Gasteiger charge is -2.34. The zero-order valence-electron chi connectivity index (χ0n) is 21.5. The molecule has 1 aliphatic carbocycles. The van der Waals surface area contributed by atoms with Gasteiger partial charge in [-0.2, -0.15) is 0 Å². The van der Waals surface area contributed by atoms with Crippen LogP contribution in [-0.4, -0.2) is 76.5 Å². The van der Waals surface area contributed by atoms with Crippen LogP contribution in [0.5, 0.6) is 5.88 Å². The molecule has 1 saturated heterocycles. The van der Waals surface area contributed by atoms with Gasteiger partial charge in [-0.3, -0.25) is 4.90 Å². The summed E-state index contributed by atoms with van der Waals surface area (Å²) in [5.74, 6) is -0.325. The van der Waals surface area contributed by atoms with Crippen LogP contribution in [0.25, 0.3) is 0 Å². The number of allylic oxidation sites excluding steroid dienone is 1. The quantitative estimate of drug-likeness (QED) is 0.581. The topological polar surface area (TPSA) is 139 Å². The van der Waals surface area contributed by atoms with Crippen LogP contribution in [0.15, 0.2) is 47.3 Å². The van der Waals surface area contributed by atoms with Crippen molar-refractivity contribution in [3.63, 3.8) is 0 Å². The summed E-state index contributed by atoms with van der Waals surface area (Å²) in [5, 5.41) is 10.0. The van der Waals surface area contributed by atoms with Crippen LogP contribution in [0, 0.1) is 0 Å². The summed E-state index contributed by atoms with van der Waals surface area (Å²) in [6.45, 7) is 6.93. The number of fused-ring (bicyclic) bond motifs is 1. The average molecular weight is 533 g/mol. The van der Waals surface area contributed by atoms with Gasteiger partial charge in [-0.25, -0.2) is 28.0 Å². The van der Waals surface area contributed by atoms with Gasteiger partial charge in [0, 0.05) is 24.9 Å². The number of aromatic nitrogens is 2. The van der Waals surface area contributed by atoms with Crippen molar-refractivity contribution in [1.29, 1.82) is 0 Å². The normalized spacial score (nSPS) is 25.4. The molecule has 2 aliphatic heterocycles. The maximum absolute atomic E-state index is 12.9. The predicted molar refractivity (Wildman–Crippen MR) is 136 cm³/mol. The molecule has 0 bridgehead atoms. The first-order valence-electron chi connectivity index (χ1n) is 12.0. The van der Waals surface area contributed by atoms with E-state index in [1.807, 2.05) is 17.2 Å². The monoisotopic (exact) mass is 532 g/mol. The number of aliphatic carboxylic acids is 1. The first-order chi connectivity index (χ1) is 17.2. The van der Waals surface area contributed by atoms with Crippen LogP contribution in [0.2, 0.25) is 0 Å². The third kappa shape index (κ3) is 5.34. The third-order valence-corrected chi connectivity index (χ3v) is 7.81. The number of rotatable bonds is 6. The smallest absolute Gasteiger partial charge is 0.411 e. The molecule has 1 amide bonds. The van der Waals surface area contributed by atoms with E-state index in [1.54, 1.807) is 45.9 Å². The highest BCUT2D eigenvalue weighted by atomic mass is 32.2. The number of hydrogen-bond donors (Lipinski definition) is 1. The second-order valence-electron chi connectivity index (χ2n) is 10.4. The molecule has 11 nitrogen and oxygen atoms in total. The zero-order chi connectivity index (χ0) is 27.2. The van der Waals surface area contributed by atoms with Crippen molar-refractivity contribution >= 4 is 27.7 Å². The number of sulfone groups is 1. The van der Waals surface area contributed by atoms with Crippen LogP contribution in [-0.2, 0) is 19.4 Å². The van der Waals surface area contributed by atoms with Gasteiger partial charge in [0.15, 0.2) is 9.84 Å². The van der Waals surface area contributed by atoms with Crippen molar-refractivity contribution in [3.8, 4) is 5.88 Å². The summed E-state index contributed by atoms with van der Waals surface area (Å²) >= 11 is 0. The fourth-order valence-electron chi connectivity index (χ4n) is 4.85. The number of amides is 1. The Labute approximate surface area is 216 Å². The van der Waals surface area contributed by atoms with E-state index in [2.05, 4.69) is 9.97 Å². The van der Waals surface area contributed by atoms with Gasteiger partial charge in [-0.05, 0) is 51.3 Å². The SMILES string of the molecule is CCC1(C(=O)O)CC(Oc2cc(N3C=CC4=CC(S(C)(=O)=O)=CCC43)ncn2)CN1C(=O)OC(C)(C)C. The lowest BCUT2D eigenvalue weighted by Crippen LogP contribution is -2.53. The van der Waals surface area contributed by atoms with Gasteiger partial charge >= 0.3 is 12.1 Å². The Bertz CT molecular complexity index is 1300. The van der Waals surface area contributed by atoms with Crippen molar-refractivity contribution < 1.29 is 32.6 Å². The molecule has 0 aromatic carbocycles. The number of hydrogen-bond acceptors (Lipinski definition) is 9. The van der Waals surface area contributed by atoms with Crippen LogP contribution < -0.4 is 9.64 Å². The maximum Gasteiger partial charge on any atom is 0.411 e. The highest BCUT2D eigenvalue weighted by molar-refractivity contribution is 7.94. The number of likely N-dealkylation sites (tertiary alicyclic amines) is 1. The Morgan fingerprint density at radius 3 is 2.62 bits per heavy atom. The van der Waals surface area contributed by atoms with Crippen molar-refractivity contribution in [2.75, 3.05) is 17.7 Å². The van der Waals surface area contributed by atoms with Gasteiger partial charge in [0.1, 0.15) is 29.4 Å². The summed E-state index contributed by atoms with van der Waals surface area (Å²) in [5.41, 5.74) is -1.36. The van der Waals surface area contributed by atoms with Gasteiger partial charge in [0.05, 0.1) is 17.5 Å². The molecule has 3 atom stereocenters. The van der Waals surface area contributed by atoms with E-state index in [1.165, 1.54) is 17.5 Å². The molecule has 1 fully saturated rings. The number of anilines is 1. The van der Waals surface area contributed by atoms with E-state index in [4.69, 9.17) is 9.47 Å². The summed E-state index contributed by atoms with van der Waals surface area (Å²) in [7, 11) is -3.30. The Morgan fingerprint density at radius 1 is 1.27 bits per heavy atom. The van der Waals surface area contributed by atoms with Gasteiger partial charge in [-0.1, -0.05) is 13.0 Å². The van der Waals surface area contributed by atoms with E-state index in [0.717, 1.165) is 5.57 Å². The van der Waals surface area contributed by atoms with Gasteiger partial charge in [-0.15, -0.1) is 0 Å². The second-order valence-corrected chi connectivity index (χ2v) is 12.5. The van der Waals surface area contributed by atoms with Crippen molar-refractivity contribution in [2.45, 2.75) is 70.2 Å². The van der Waals surface area contributed by atoms with Gasteiger partial charge < -0.3 is 19.5 Å². The molecule has 200 valence electrons. The fourth-order valence-corrected chi connectivity index (χ4v) is 5.60. The Kier molecular flexibility index (Phi) is 6.82. The lowest BCUT2D eigenvalue weighted by molar-refractivity contribution is -0.149. The van der Waals surface area contributed by atoms with Gasteiger partial charge in [0.25, 0.3) is 0 Å². The van der Waals surface area contributed by atoms with Crippen LogP contribution in [0.1, 0.15) is 47.0 Å². The number of carbonyl (C=O) groups excluding carboxylic acids is 1. The van der Waals surface area contributed by atoms with E-state index in [-0.39, 0.29) is 31.3 Å². The average Bonchev–Trinajstić information content (AvgIpc) is 3.39. The molecule has 1 aromatic heterocycles. The summed E-state index contributed by atoms with van der Waals surface area (Å²) in [6.07, 6.45) is 9.02. The number of carboxylic acid groups (broad SMARTS) is 1. The molecule has 4 rings (SSSR count). The molecule has 37 heavy (non-hydrogen) atoms. The lowest BCUT2D eigenvalue weighted by atomic mass is 9.92. The highest BCUT2D eigenvalue weighted by Crippen LogP contribution is 2.37. The first-order valence-corrected chi connectivity index (χ1v) is 13.9. The predicted octanol–water partition coefficient (Wildman–Crippen LogP) is 3.06. The molecule has 12 heteroatoms. The molecule has 1 N–H and O–H groups in total. The number of carboxylic acids is 1. The Morgan fingerprint density at radius 2 is 2.00 bits per heavy atom. The summed E-state index contributed by atoms with van der Waals surface area (Å²) in [4.78, 5) is 37.2. The minimum absolute atomic E-state index is 0.0343. The summed E-state index contributed by atoms with van der Waals surface area (Å²) in [6, 6.07) is 1.54. The largest absolute Gasteiger partial charge is 0.479 e. The summed E-state index contributed by atoms with van der Waals surface area (Å²) < 4.78 is 35.4. The molecule has 1 aromatic rings.